The number of benzene rings is 1. The number of hydrogen-bond acceptors (Lipinski definition) is 6. The number of amides is 1. The molecule has 1 aromatic carbocycles. The number of aromatic nitrogens is 2. The lowest BCUT2D eigenvalue weighted by atomic mass is 9.97. The molecule has 0 aliphatic heterocycles. The summed E-state index contributed by atoms with van der Waals surface area (Å²) in [5, 5.41) is 14.8. The van der Waals surface area contributed by atoms with E-state index in [0.717, 1.165) is 0 Å². The van der Waals surface area contributed by atoms with Crippen LogP contribution in [0.2, 0.25) is 0 Å². The maximum atomic E-state index is 12.5. The third-order valence-electron chi connectivity index (χ3n) is 3.18. The van der Waals surface area contributed by atoms with Crippen molar-refractivity contribution >= 4 is 11.7 Å². The van der Waals surface area contributed by atoms with E-state index >= 15 is 0 Å². The first kappa shape index (κ1) is 19.1. The third-order valence-corrected chi connectivity index (χ3v) is 3.18. The first-order chi connectivity index (χ1) is 12.1. The van der Waals surface area contributed by atoms with Gasteiger partial charge in [0.1, 0.15) is 0 Å². The Morgan fingerprint density at radius 1 is 1.23 bits per heavy atom. The highest BCUT2D eigenvalue weighted by Gasteiger charge is 2.38. The maximum Gasteiger partial charge on any atom is 0.471 e. The van der Waals surface area contributed by atoms with Crippen LogP contribution < -0.4 is 5.32 Å². The van der Waals surface area contributed by atoms with Crippen molar-refractivity contribution in [2.45, 2.75) is 26.1 Å². The van der Waals surface area contributed by atoms with Crippen molar-refractivity contribution in [2.75, 3.05) is 0 Å². The zero-order chi connectivity index (χ0) is 19.5. The van der Waals surface area contributed by atoms with Crippen molar-refractivity contribution in [1.82, 2.24) is 15.5 Å². The molecule has 0 aliphatic carbocycles. The topological polar surface area (TPSA) is 109 Å². The van der Waals surface area contributed by atoms with Crippen LogP contribution in [-0.2, 0) is 11.0 Å². The van der Waals surface area contributed by atoms with Gasteiger partial charge in [-0.1, -0.05) is 29.4 Å². The average molecular weight is 366 g/mol. The summed E-state index contributed by atoms with van der Waals surface area (Å²) < 4.78 is 41.6. The molecule has 26 heavy (non-hydrogen) atoms. The molecule has 0 fully saturated rings. The van der Waals surface area contributed by atoms with E-state index in [9.17, 15) is 22.8 Å². The SMILES string of the molecule is CC(C)NC(=O)C(C#N)C(=O)c1ccc(-c2noc(C(F)(F)F)n2)cc1. The quantitative estimate of drug-likeness (QED) is 0.643. The van der Waals surface area contributed by atoms with Crippen LogP contribution in [0.5, 0.6) is 0 Å². The van der Waals surface area contributed by atoms with Gasteiger partial charge in [-0.05, 0) is 13.8 Å². The lowest BCUT2D eigenvalue weighted by Crippen LogP contribution is -2.38. The second-order valence-electron chi connectivity index (χ2n) is 5.59. The number of Topliss-reactive ketones (excluding diaryl/α,β-unsaturated/α-hetero) is 1. The van der Waals surface area contributed by atoms with Crippen molar-refractivity contribution in [3.8, 4) is 17.5 Å². The zero-order valence-electron chi connectivity index (χ0n) is 13.7. The van der Waals surface area contributed by atoms with Crippen LogP contribution in [0.25, 0.3) is 11.4 Å². The number of carbonyl (C=O) groups excluding carboxylic acids is 2. The minimum absolute atomic E-state index is 0.0544. The van der Waals surface area contributed by atoms with Crippen LogP contribution in [0.1, 0.15) is 30.1 Å². The lowest BCUT2D eigenvalue weighted by molar-refractivity contribution is -0.159. The maximum absolute atomic E-state index is 12.5. The van der Waals surface area contributed by atoms with E-state index in [1.165, 1.54) is 24.3 Å². The van der Waals surface area contributed by atoms with Crippen LogP contribution in [0.3, 0.4) is 0 Å². The number of ketones is 1. The van der Waals surface area contributed by atoms with Crippen LogP contribution >= 0.6 is 0 Å². The molecule has 0 saturated heterocycles. The summed E-state index contributed by atoms with van der Waals surface area (Å²) in [5.41, 5.74) is 0.236. The Morgan fingerprint density at radius 2 is 1.85 bits per heavy atom. The second kappa shape index (κ2) is 7.35. The first-order valence-electron chi connectivity index (χ1n) is 7.39. The monoisotopic (exact) mass is 366 g/mol. The molecule has 10 heteroatoms. The number of carbonyl (C=O) groups is 2. The number of halogens is 3. The van der Waals surface area contributed by atoms with E-state index in [4.69, 9.17) is 5.26 Å². The summed E-state index contributed by atoms with van der Waals surface area (Å²) in [4.78, 5) is 27.4. The van der Waals surface area contributed by atoms with Gasteiger partial charge in [-0.3, -0.25) is 9.59 Å². The van der Waals surface area contributed by atoms with Gasteiger partial charge in [0.2, 0.25) is 11.7 Å². The van der Waals surface area contributed by atoms with Crippen molar-refractivity contribution in [3.63, 3.8) is 0 Å². The Hall–Kier alpha value is -3.22. The van der Waals surface area contributed by atoms with E-state index in [2.05, 4.69) is 20.0 Å². The van der Waals surface area contributed by atoms with E-state index in [-0.39, 0.29) is 23.0 Å². The van der Waals surface area contributed by atoms with Crippen LogP contribution in [0.4, 0.5) is 13.2 Å². The molecule has 1 aromatic heterocycles. The normalized spacial score (nSPS) is 12.5. The first-order valence-corrected chi connectivity index (χ1v) is 7.39. The summed E-state index contributed by atoms with van der Waals surface area (Å²) in [6.45, 7) is 3.37. The highest BCUT2D eigenvalue weighted by Crippen LogP contribution is 2.29. The van der Waals surface area contributed by atoms with Crippen LogP contribution in [-0.4, -0.2) is 27.9 Å². The Bertz CT molecular complexity index is 851. The zero-order valence-corrected chi connectivity index (χ0v) is 13.7. The molecule has 2 rings (SSSR count). The Morgan fingerprint density at radius 3 is 2.31 bits per heavy atom. The summed E-state index contributed by atoms with van der Waals surface area (Å²) in [5.74, 6) is -4.75. The molecule has 1 amide bonds. The van der Waals surface area contributed by atoms with Gasteiger partial charge in [-0.25, -0.2) is 0 Å². The molecule has 1 N–H and O–H groups in total. The number of rotatable bonds is 5. The summed E-state index contributed by atoms with van der Waals surface area (Å²) in [7, 11) is 0. The van der Waals surface area contributed by atoms with Gasteiger partial charge in [0, 0.05) is 17.2 Å². The molecule has 0 saturated carbocycles. The number of nitrogens with one attached hydrogen (secondary N) is 1. The second-order valence-corrected chi connectivity index (χ2v) is 5.59. The van der Waals surface area contributed by atoms with Gasteiger partial charge in [-0.15, -0.1) is 0 Å². The van der Waals surface area contributed by atoms with Gasteiger partial charge in [0.05, 0.1) is 6.07 Å². The largest absolute Gasteiger partial charge is 0.471 e. The Labute approximate surface area is 145 Å². The fraction of sp³-hybridized carbons (Fsp3) is 0.312. The molecule has 2 aromatic rings. The number of alkyl halides is 3. The molecule has 1 heterocycles. The molecule has 1 unspecified atom stereocenters. The summed E-state index contributed by atoms with van der Waals surface area (Å²) >= 11 is 0. The minimum Gasteiger partial charge on any atom is -0.352 e. The molecule has 0 radical (unpaired) electrons. The van der Waals surface area contributed by atoms with Crippen molar-refractivity contribution < 1.29 is 27.3 Å². The van der Waals surface area contributed by atoms with E-state index in [1.807, 2.05) is 0 Å². The molecular weight excluding hydrogens is 353 g/mol. The van der Waals surface area contributed by atoms with Crippen LogP contribution in [0, 0.1) is 17.2 Å². The number of nitriles is 1. The minimum atomic E-state index is -4.76. The fourth-order valence-corrected chi connectivity index (χ4v) is 2.01. The van der Waals surface area contributed by atoms with Gasteiger partial charge in [0.25, 0.3) is 0 Å². The van der Waals surface area contributed by atoms with Crippen molar-refractivity contribution in [1.29, 1.82) is 5.26 Å². The number of nitrogens with zero attached hydrogens (tertiary/aromatic N) is 3. The predicted molar refractivity (Wildman–Crippen MR) is 81.4 cm³/mol. The molecule has 0 spiro atoms. The summed E-state index contributed by atoms with van der Waals surface area (Å²) in [6, 6.07) is 6.55. The standard InChI is InChI=1S/C16H13F3N4O3/c1-8(2)21-14(25)11(7-20)12(24)9-3-5-10(6-4-9)13-22-15(26-23-13)16(17,18)19/h3-6,8,11H,1-2H3,(H,21,25). The average Bonchev–Trinajstić information content (AvgIpc) is 3.05. The van der Waals surface area contributed by atoms with Crippen molar-refractivity contribution in [2.24, 2.45) is 5.92 Å². The molecule has 0 aliphatic rings. The van der Waals surface area contributed by atoms with Crippen LogP contribution in [0.15, 0.2) is 28.8 Å². The Balaban J connectivity index is 2.21. The van der Waals surface area contributed by atoms with Gasteiger partial charge < -0.3 is 9.84 Å². The van der Waals surface area contributed by atoms with Gasteiger partial charge in [-0.2, -0.15) is 23.4 Å². The van der Waals surface area contributed by atoms with E-state index in [0.29, 0.717) is 0 Å². The fourth-order valence-electron chi connectivity index (χ4n) is 2.01. The van der Waals surface area contributed by atoms with Crippen molar-refractivity contribution in [3.05, 3.63) is 35.7 Å². The third kappa shape index (κ3) is 4.24. The molecule has 136 valence electrons. The molecule has 0 bridgehead atoms. The number of hydrogen-bond donors (Lipinski definition) is 1. The van der Waals surface area contributed by atoms with Gasteiger partial charge in [0.15, 0.2) is 11.7 Å². The van der Waals surface area contributed by atoms with Gasteiger partial charge >= 0.3 is 12.1 Å². The molecule has 7 nitrogen and oxygen atoms in total. The predicted octanol–water partition coefficient (Wildman–Crippen LogP) is 2.60. The van der Waals surface area contributed by atoms with E-state index < -0.39 is 29.7 Å². The highest BCUT2D eigenvalue weighted by atomic mass is 19.4. The highest BCUT2D eigenvalue weighted by molar-refractivity contribution is 6.12. The molecule has 1 atom stereocenters. The summed E-state index contributed by atoms with van der Waals surface area (Å²) in [6.07, 6.45) is -4.76. The lowest BCUT2D eigenvalue weighted by Gasteiger charge is -2.12. The smallest absolute Gasteiger partial charge is 0.352 e. The molecular formula is C16H13F3N4O3. The Kier molecular flexibility index (Phi) is 5.40. The van der Waals surface area contributed by atoms with E-state index in [1.54, 1.807) is 19.9 Å².